The van der Waals surface area contributed by atoms with E-state index in [1.54, 1.807) is 54.6 Å². The second kappa shape index (κ2) is 9.58. The van der Waals surface area contributed by atoms with E-state index in [0.717, 1.165) is 12.7 Å². The topological polar surface area (TPSA) is 106 Å². The van der Waals surface area contributed by atoms with Gasteiger partial charge in [-0.15, -0.1) is 0 Å². The number of cyclic esters (lactones) is 1. The molecular weight excluding hydrogens is 434 g/mol. The minimum Gasteiger partial charge on any atom is -0.452 e. The molecule has 8 nitrogen and oxygen atoms in total. The van der Waals surface area contributed by atoms with E-state index in [9.17, 15) is 14.4 Å². The van der Waals surface area contributed by atoms with Crippen LogP contribution in [0.2, 0.25) is 0 Å². The van der Waals surface area contributed by atoms with Gasteiger partial charge in [-0.3, -0.25) is 10.2 Å². The molecule has 0 bridgehead atoms. The summed E-state index contributed by atoms with van der Waals surface area (Å²) in [5, 5.41) is 0. The predicted molar refractivity (Wildman–Crippen MR) is 126 cm³/mol. The normalized spacial score (nSPS) is 18.5. The summed E-state index contributed by atoms with van der Waals surface area (Å²) in [6, 6.07) is 12.9. The lowest BCUT2D eigenvalue weighted by Gasteiger charge is -2.23. The molecule has 172 valence electrons. The molecule has 1 aliphatic rings. The van der Waals surface area contributed by atoms with Gasteiger partial charge < -0.3 is 9.47 Å². The summed E-state index contributed by atoms with van der Waals surface area (Å²) in [7, 11) is 1.11. The average molecular weight is 462 g/mol. The minimum absolute atomic E-state index is 0.193. The molecule has 1 aliphatic heterocycles. The molecule has 2 N–H and O–H groups in total. The fourth-order valence-corrected chi connectivity index (χ4v) is 3.34. The van der Waals surface area contributed by atoms with Crippen LogP contribution in [0.4, 0.5) is 10.5 Å². The molecule has 34 heavy (non-hydrogen) atoms. The molecule has 3 aromatic rings. The highest BCUT2D eigenvalue weighted by atomic mass is 16.6. The minimum atomic E-state index is -2.08. The van der Waals surface area contributed by atoms with Crippen molar-refractivity contribution in [2.24, 2.45) is 4.99 Å². The number of aryl methyl sites for hydroxylation is 1. The van der Waals surface area contributed by atoms with Gasteiger partial charge in [-0.1, -0.05) is 72.2 Å². The maximum absolute atomic E-state index is 13.5. The number of hydrazine groups is 1. The van der Waals surface area contributed by atoms with Crippen molar-refractivity contribution >= 4 is 29.4 Å². The van der Waals surface area contributed by atoms with Crippen LogP contribution in [0.3, 0.4) is 0 Å². The van der Waals surface area contributed by atoms with Gasteiger partial charge in [0.25, 0.3) is 5.90 Å². The standard InChI is InChI=1S/C26H23N3O5/c1-17-8-10-19(11-9-17)22(30)23-27-26(24(31)34-23,16-18-6-4-3-5-7-18)20-12-14-21(15-13-20)28-29-25(32)33-2/h3-15,28H,16H2,1-2H3,(H,29,32)/t26-/m1/s1/i12D,13D,14D,15D. The first-order valence-corrected chi connectivity index (χ1v) is 10.3. The van der Waals surface area contributed by atoms with Gasteiger partial charge in [0, 0.05) is 12.0 Å². The zero-order valence-corrected chi connectivity index (χ0v) is 18.4. The van der Waals surface area contributed by atoms with Gasteiger partial charge in [0.05, 0.1) is 18.3 Å². The second-order valence-corrected chi connectivity index (χ2v) is 7.52. The van der Waals surface area contributed by atoms with Crippen LogP contribution in [0, 0.1) is 6.92 Å². The molecule has 1 heterocycles. The maximum Gasteiger partial charge on any atom is 0.425 e. The first-order chi connectivity index (χ1) is 18.1. The number of benzene rings is 3. The number of ether oxygens (including phenoxy) is 2. The van der Waals surface area contributed by atoms with Crippen molar-refractivity contribution in [3.05, 3.63) is 101 Å². The lowest BCUT2D eigenvalue weighted by Crippen LogP contribution is -2.34. The Hall–Kier alpha value is -4.46. The van der Waals surface area contributed by atoms with Crippen molar-refractivity contribution in [3.8, 4) is 0 Å². The molecule has 0 saturated heterocycles. The Kier molecular flexibility index (Phi) is 5.08. The molecule has 3 aromatic carbocycles. The van der Waals surface area contributed by atoms with Crippen molar-refractivity contribution < 1.29 is 29.3 Å². The van der Waals surface area contributed by atoms with Gasteiger partial charge in [-0.25, -0.2) is 20.0 Å². The first-order valence-electron chi connectivity index (χ1n) is 12.3. The lowest BCUT2D eigenvalue weighted by molar-refractivity contribution is -0.139. The summed E-state index contributed by atoms with van der Waals surface area (Å²) in [6.07, 6.45) is -1.11. The maximum atomic E-state index is 13.5. The number of anilines is 1. The van der Waals surface area contributed by atoms with Gasteiger partial charge in [-0.2, -0.15) is 0 Å². The Morgan fingerprint density at radius 3 is 2.38 bits per heavy atom. The first kappa shape index (κ1) is 18.0. The number of methoxy groups -OCH3 is 1. The van der Waals surface area contributed by atoms with Crippen molar-refractivity contribution in [1.29, 1.82) is 0 Å². The number of Topliss-reactive ketones (excluding diaryl/α,β-unsaturated/α-hetero) is 1. The molecule has 0 spiro atoms. The van der Waals surface area contributed by atoms with Crippen LogP contribution in [0.1, 0.15) is 32.5 Å². The number of ketones is 1. The summed E-state index contributed by atoms with van der Waals surface area (Å²) >= 11 is 0. The molecule has 0 unspecified atom stereocenters. The number of carbonyl (C=O) groups excluding carboxylic acids is 3. The number of amides is 1. The Bertz CT molecular complexity index is 1430. The third-order valence-corrected chi connectivity index (χ3v) is 5.14. The van der Waals surface area contributed by atoms with Gasteiger partial charge >= 0.3 is 12.1 Å². The predicted octanol–water partition coefficient (Wildman–Crippen LogP) is 3.95. The second-order valence-electron chi connectivity index (χ2n) is 7.52. The van der Waals surface area contributed by atoms with Crippen LogP contribution in [-0.2, 0) is 26.2 Å². The van der Waals surface area contributed by atoms with Crippen molar-refractivity contribution in [2.45, 2.75) is 18.9 Å². The third kappa shape index (κ3) is 4.66. The van der Waals surface area contributed by atoms with E-state index >= 15 is 0 Å². The molecule has 1 atom stereocenters. The summed E-state index contributed by atoms with van der Waals surface area (Å²) in [6.45, 7) is 1.86. The molecule has 4 rings (SSSR count). The number of hydrogen-bond acceptors (Lipinski definition) is 7. The highest BCUT2D eigenvalue weighted by Crippen LogP contribution is 2.37. The number of nitrogens with one attached hydrogen (secondary N) is 2. The molecule has 1 amide bonds. The van der Waals surface area contributed by atoms with E-state index in [4.69, 9.17) is 10.2 Å². The van der Waals surface area contributed by atoms with Crippen molar-refractivity contribution in [3.63, 3.8) is 0 Å². The van der Waals surface area contributed by atoms with Crippen molar-refractivity contribution in [1.82, 2.24) is 5.43 Å². The van der Waals surface area contributed by atoms with Crippen molar-refractivity contribution in [2.75, 3.05) is 12.5 Å². The van der Waals surface area contributed by atoms with E-state index in [1.165, 1.54) is 0 Å². The van der Waals surface area contributed by atoms with Crippen LogP contribution in [0.15, 0.2) is 83.8 Å². The van der Waals surface area contributed by atoms with E-state index in [2.05, 4.69) is 20.6 Å². The Labute approximate surface area is 202 Å². The summed E-state index contributed by atoms with van der Waals surface area (Å²) in [5.74, 6) is -2.18. The molecule has 0 aromatic heterocycles. The van der Waals surface area contributed by atoms with E-state index in [-0.39, 0.29) is 23.2 Å². The molecule has 0 fully saturated rings. The number of rotatable bonds is 7. The fraction of sp³-hybridized carbons (Fsp3) is 0.154. The fourth-order valence-electron chi connectivity index (χ4n) is 3.34. The zero-order valence-electron chi connectivity index (χ0n) is 22.4. The highest BCUT2D eigenvalue weighted by molar-refractivity contribution is 6.45. The Morgan fingerprint density at radius 1 is 1.06 bits per heavy atom. The lowest BCUT2D eigenvalue weighted by atomic mass is 9.84. The summed E-state index contributed by atoms with van der Waals surface area (Å²) < 4.78 is 44.0. The van der Waals surface area contributed by atoms with Gasteiger partial charge in [-0.05, 0) is 30.1 Å². The largest absolute Gasteiger partial charge is 0.452 e. The quantitative estimate of drug-likeness (QED) is 0.314. The molecule has 0 saturated carbocycles. The Balaban J connectivity index is 1.89. The number of aliphatic imine (C=N–C) groups is 1. The average Bonchev–Trinajstić information content (AvgIpc) is 3.24. The monoisotopic (exact) mass is 461 g/mol. The summed E-state index contributed by atoms with van der Waals surface area (Å²) in [4.78, 5) is 42.5. The van der Waals surface area contributed by atoms with Gasteiger partial charge in [0.15, 0.2) is 5.54 Å². The molecular formula is C26H23N3O5. The third-order valence-electron chi connectivity index (χ3n) is 5.14. The van der Waals surface area contributed by atoms with Crippen LogP contribution >= 0.6 is 0 Å². The van der Waals surface area contributed by atoms with Crippen LogP contribution in [0.25, 0.3) is 0 Å². The molecule has 0 aliphatic carbocycles. The van der Waals surface area contributed by atoms with Crippen LogP contribution in [-0.4, -0.2) is 30.9 Å². The Morgan fingerprint density at radius 2 is 1.74 bits per heavy atom. The van der Waals surface area contributed by atoms with Gasteiger partial charge in [0.1, 0.15) is 0 Å². The van der Waals surface area contributed by atoms with Gasteiger partial charge in [0.2, 0.25) is 5.78 Å². The number of esters is 1. The van der Waals surface area contributed by atoms with E-state index < -0.39 is 53.5 Å². The zero-order chi connectivity index (χ0) is 27.6. The summed E-state index contributed by atoms with van der Waals surface area (Å²) in [5.41, 5.74) is 3.35. The van der Waals surface area contributed by atoms with E-state index in [0.29, 0.717) is 5.56 Å². The molecule has 8 heteroatoms. The smallest absolute Gasteiger partial charge is 0.425 e. The number of hydrogen-bond donors (Lipinski definition) is 2. The number of carbonyl (C=O) groups is 3. The van der Waals surface area contributed by atoms with Crippen LogP contribution in [0.5, 0.6) is 0 Å². The molecule has 0 radical (unpaired) electrons. The van der Waals surface area contributed by atoms with E-state index in [1.807, 2.05) is 6.92 Å². The highest BCUT2D eigenvalue weighted by Gasteiger charge is 2.49. The SMILES string of the molecule is [2H]c1c([2H])c([C@@]2(Cc3ccccc3)N=C(C(=O)c3ccc(C)cc3)OC2=O)c([2H])c([2H])c1NNC(=O)OC. The number of nitrogens with zero attached hydrogens (tertiary/aromatic N) is 1. The van der Waals surface area contributed by atoms with Crippen LogP contribution < -0.4 is 10.9 Å².